The molecular formula is C25H23N3O5. The summed E-state index contributed by atoms with van der Waals surface area (Å²) in [5.41, 5.74) is 1.66. The van der Waals surface area contributed by atoms with E-state index in [4.69, 9.17) is 23.9 Å². The van der Waals surface area contributed by atoms with E-state index in [1.807, 2.05) is 12.1 Å². The molecule has 0 amide bonds. The highest BCUT2D eigenvalue weighted by Crippen LogP contribution is 2.32. The van der Waals surface area contributed by atoms with Crippen molar-refractivity contribution in [3.05, 3.63) is 76.6 Å². The van der Waals surface area contributed by atoms with Crippen LogP contribution in [0.4, 0.5) is 0 Å². The number of aromatic nitrogens is 2. The second-order valence-corrected chi connectivity index (χ2v) is 7.00. The monoisotopic (exact) mass is 445 g/mol. The van der Waals surface area contributed by atoms with Gasteiger partial charge in [-0.15, -0.1) is 0 Å². The predicted octanol–water partition coefficient (Wildman–Crippen LogP) is 3.98. The van der Waals surface area contributed by atoms with Crippen molar-refractivity contribution in [2.24, 2.45) is 5.10 Å². The van der Waals surface area contributed by atoms with Gasteiger partial charge in [0.25, 0.3) is 5.56 Å². The highest BCUT2D eigenvalue weighted by atomic mass is 16.5. The van der Waals surface area contributed by atoms with E-state index in [1.165, 1.54) is 4.68 Å². The maximum absolute atomic E-state index is 13.4. The first-order valence-electron chi connectivity index (χ1n) is 10.1. The molecule has 0 radical (unpaired) electrons. The number of hydrogen-bond acceptors (Lipinski definition) is 7. The predicted molar refractivity (Wildman–Crippen MR) is 127 cm³/mol. The van der Waals surface area contributed by atoms with Crippen molar-refractivity contribution in [3.63, 3.8) is 0 Å². The smallest absolute Gasteiger partial charge is 0.282 e. The van der Waals surface area contributed by atoms with Crippen molar-refractivity contribution >= 4 is 17.1 Å². The van der Waals surface area contributed by atoms with Crippen LogP contribution in [0.5, 0.6) is 23.0 Å². The average Bonchev–Trinajstić information content (AvgIpc) is 2.87. The summed E-state index contributed by atoms with van der Waals surface area (Å²) in [5, 5.41) is 4.94. The third-order valence-corrected chi connectivity index (χ3v) is 5.13. The maximum Gasteiger partial charge on any atom is 0.282 e. The molecule has 33 heavy (non-hydrogen) atoms. The Hall–Kier alpha value is -4.33. The van der Waals surface area contributed by atoms with Gasteiger partial charge >= 0.3 is 0 Å². The van der Waals surface area contributed by atoms with Crippen LogP contribution in [0, 0.1) is 0 Å². The molecule has 1 heterocycles. The first-order valence-corrected chi connectivity index (χ1v) is 10.1. The lowest BCUT2D eigenvalue weighted by Crippen LogP contribution is -2.20. The Bertz CT molecular complexity index is 1390. The molecule has 1 aromatic heterocycles. The number of nitrogens with zero attached hydrogens (tertiary/aromatic N) is 3. The molecular weight excluding hydrogens is 422 g/mol. The zero-order valence-electron chi connectivity index (χ0n) is 18.7. The molecule has 0 aliphatic carbocycles. The minimum absolute atomic E-state index is 0.290. The summed E-state index contributed by atoms with van der Waals surface area (Å²) < 4.78 is 22.7. The van der Waals surface area contributed by atoms with Crippen LogP contribution in [0.1, 0.15) is 5.56 Å². The molecule has 0 aliphatic rings. The molecule has 0 saturated heterocycles. The first-order chi connectivity index (χ1) is 16.1. The Kier molecular flexibility index (Phi) is 6.26. The van der Waals surface area contributed by atoms with E-state index < -0.39 is 0 Å². The van der Waals surface area contributed by atoms with Crippen molar-refractivity contribution in [3.8, 4) is 34.4 Å². The van der Waals surface area contributed by atoms with Gasteiger partial charge in [-0.25, -0.2) is 4.98 Å². The molecule has 168 valence electrons. The number of rotatable bonds is 7. The van der Waals surface area contributed by atoms with Crippen LogP contribution in [0.2, 0.25) is 0 Å². The van der Waals surface area contributed by atoms with Crippen LogP contribution in [-0.2, 0) is 0 Å². The minimum Gasteiger partial charge on any atom is -0.493 e. The molecule has 0 N–H and O–H groups in total. The number of ether oxygens (including phenoxy) is 4. The van der Waals surface area contributed by atoms with Crippen LogP contribution in [0.25, 0.3) is 22.3 Å². The van der Waals surface area contributed by atoms with Crippen LogP contribution >= 0.6 is 0 Å². The molecule has 3 aromatic carbocycles. The van der Waals surface area contributed by atoms with Crippen molar-refractivity contribution in [2.75, 3.05) is 28.4 Å². The van der Waals surface area contributed by atoms with Crippen molar-refractivity contribution in [1.29, 1.82) is 0 Å². The normalized spacial score (nSPS) is 11.0. The molecule has 0 fully saturated rings. The quantitative estimate of drug-likeness (QED) is 0.400. The zero-order chi connectivity index (χ0) is 23.4. The number of benzene rings is 3. The fraction of sp³-hybridized carbons (Fsp3) is 0.160. The van der Waals surface area contributed by atoms with Crippen molar-refractivity contribution < 1.29 is 18.9 Å². The zero-order valence-corrected chi connectivity index (χ0v) is 18.7. The molecule has 4 aromatic rings. The third-order valence-electron chi connectivity index (χ3n) is 5.13. The molecule has 4 rings (SSSR count). The highest BCUT2D eigenvalue weighted by Gasteiger charge is 2.15. The van der Waals surface area contributed by atoms with Gasteiger partial charge in [-0.1, -0.05) is 12.1 Å². The summed E-state index contributed by atoms with van der Waals surface area (Å²) in [4.78, 5) is 18.1. The Morgan fingerprint density at radius 2 is 1.42 bits per heavy atom. The highest BCUT2D eigenvalue weighted by molar-refractivity contribution is 5.83. The van der Waals surface area contributed by atoms with E-state index in [0.29, 0.717) is 45.3 Å². The second-order valence-electron chi connectivity index (χ2n) is 7.00. The van der Waals surface area contributed by atoms with E-state index in [2.05, 4.69) is 5.10 Å². The average molecular weight is 445 g/mol. The number of para-hydroxylation sites is 1. The van der Waals surface area contributed by atoms with Gasteiger partial charge in [0.15, 0.2) is 28.8 Å². The van der Waals surface area contributed by atoms with Crippen LogP contribution in [0.3, 0.4) is 0 Å². The van der Waals surface area contributed by atoms with Gasteiger partial charge in [-0.05, 0) is 54.1 Å². The summed E-state index contributed by atoms with van der Waals surface area (Å²) in [6.45, 7) is 0. The summed E-state index contributed by atoms with van der Waals surface area (Å²) in [5.74, 6) is 2.63. The summed E-state index contributed by atoms with van der Waals surface area (Å²) in [7, 11) is 6.25. The third kappa shape index (κ3) is 4.23. The SMILES string of the molecule is COc1ccc(C=Nn2c(-c3ccc(OC)c(OC)c3)nc3ccccc3c2=O)cc1OC. The molecule has 0 saturated carbocycles. The Balaban J connectivity index is 1.90. The van der Waals surface area contributed by atoms with Gasteiger partial charge in [-0.3, -0.25) is 4.79 Å². The van der Waals surface area contributed by atoms with Gasteiger partial charge < -0.3 is 18.9 Å². The van der Waals surface area contributed by atoms with E-state index in [0.717, 1.165) is 5.56 Å². The van der Waals surface area contributed by atoms with Gasteiger partial charge in [0.05, 0.1) is 45.6 Å². The molecule has 0 aliphatic heterocycles. The van der Waals surface area contributed by atoms with Gasteiger partial charge in [0.2, 0.25) is 0 Å². The molecule has 8 heteroatoms. The fourth-order valence-corrected chi connectivity index (χ4v) is 3.45. The van der Waals surface area contributed by atoms with E-state index >= 15 is 0 Å². The molecule has 0 bridgehead atoms. The topological polar surface area (TPSA) is 84.2 Å². The van der Waals surface area contributed by atoms with Crippen molar-refractivity contribution in [1.82, 2.24) is 9.66 Å². The second kappa shape index (κ2) is 9.44. The van der Waals surface area contributed by atoms with Gasteiger partial charge in [0.1, 0.15) is 0 Å². The number of methoxy groups -OCH3 is 4. The lowest BCUT2D eigenvalue weighted by Gasteiger charge is -2.12. The van der Waals surface area contributed by atoms with Crippen LogP contribution in [-0.4, -0.2) is 44.3 Å². The maximum atomic E-state index is 13.4. The number of fused-ring (bicyclic) bond motifs is 1. The molecule has 8 nitrogen and oxygen atoms in total. The fourth-order valence-electron chi connectivity index (χ4n) is 3.45. The molecule has 0 spiro atoms. The van der Waals surface area contributed by atoms with Crippen molar-refractivity contribution in [2.45, 2.75) is 0 Å². The Morgan fingerprint density at radius 1 is 0.788 bits per heavy atom. The Morgan fingerprint density at radius 3 is 2.12 bits per heavy atom. The molecule has 0 unspecified atom stereocenters. The van der Waals surface area contributed by atoms with E-state index in [9.17, 15) is 4.79 Å². The Labute approximate surface area is 190 Å². The summed E-state index contributed by atoms with van der Waals surface area (Å²) >= 11 is 0. The number of hydrogen-bond donors (Lipinski definition) is 0. The van der Waals surface area contributed by atoms with Gasteiger partial charge in [-0.2, -0.15) is 9.78 Å². The molecule has 0 atom stereocenters. The van der Waals surface area contributed by atoms with Crippen LogP contribution in [0.15, 0.2) is 70.6 Å². The minimum atomic E-state index is -0.290. The first kappa shape index (κ1) is 21.9. The van der Waals surface area contributed by atoms with E-state index in [1.54, 1.807) is 83.2 Å². The van der Waals surface area contributed by atoms with E-state index in [-0.39, 0.29) is 5.56 Å². The lowest BCUT2D eigenvalue weighted by molar-refractivity contribution is 0.355. The largest absolute Gasteiger partial charge is 0.493 e. The summed E-state index contributed by atoms with van der Waals surface area (Å²) in [6.07, 6.45) is 1.57. The standard InChI is InChI=1S/C25H23N3O5/c1-30-20-11-9-16(13-22(20)32-3)15-26-28-24(17-10-12-21(31-2)23(14-17)33-4)27-19-8-6-5-7-18(19)25(28)29/h5-15H,1-4H3. The van der Waals surface area contributed by atoms with Crippen LogP contribution < -0.4 is 24.5 Å². The lowest BCUT2D eigenvalue weighted by atomic mass is 10.1. The van der Waals surface area contributed by atoms with Gasteiger partial charge in [0, 0.05) is 5.56 Å². The summed E-state index contributed by atoms with van der Waals surface area (Å²) in [6, 6.07) is 17.9.